The van der Waals surface area contributed by atoms with Gasteiger partial charge in [0.2, 0.25) is 0 Å². The molecule has 38 heavy (non-hydrogen) atoms. The average molecular weight is 560 g/mol. The zero-order valence-electron chi connectivity index (χ0n) is 19.8. The van der Waals surface area contributed by atoms with Gasteiger partial charge in [-0.1, -0.05) is 53.4 Å². The molecule has 0 unspecified atom stereocenters. The van der Waals surface area contributed by atoms with Crippen LogP contribution >= 0.6 is 23.2 Å². The molecule has 0 aliphatic carbocycles. The summed E-state index contributed by atoms with van der Waals surface area (Å²) in [4.78, 5) is 30.6. The Labute approximate surface area is 224 Å². The van der Waals surface area contributed by atoms with Crippen LogP contribution in [0.4, 0.5) is 18.9 Å². The number of benzene rings is 2. The highest BCUT2D eigenvalue weighted by Crippen LogP contribution is 2.36. The summed E-state index contributed by atoms with van der Waals surface area (Å²) in [5.74, 6) is 0.534. The maximum absolute atomic E-state index is 13.5. The maximum Gasteiger partial charge on any atom is 0.435 e. The number of nitrogens with one attached hydrogen (secondary N) is 2. The molecule has 0 spiro atoms. The Hall–Kier alpha value is -4.07. The number of amides is 2. The van der Waals surface area contributed by atoms with Crippen molar-refractivity contribution in [1.82, 2.24) is 20.1 Å². The van der Waals surface area contributed by atoms with E-state index in [-0.39, 0.29) is 27.1 Å². The summed E-state index contributed by atoms with van der Waals surface area (Å²) in [7, 11) is 0. The monoisotopic (exact) mass is 559 g/mol. The van der Waals surface area contributed by atoms with Crippen LogP contribution in [0.2, 0.25) is 10.0 Å². The Morgan fingerprint density at radius 3 is 2.42 bits per heavy atom. The number of rotatable bonds is 5. The second-order valence-electron chi connectivity index (χ2n) is 8.65. The smallest absolute Gasteiger partial charge is 0.336 e. The molecule has 0 atom stereocenters. The molecule has 12 heteroatoms. The number of terminal acetylenes is 1. The summed E-state index contributed by atoms with van der Waals surface area (Å²) in [5.41, 5.74) is -3.12. The topological polar surface area (TPSA) is 88.9 Å². The molecule has 0 saturated carbocycles. The van der Waals surface area contributed by atoms with Gasteiger partial charge in [-0.2, -0.15) is 18.3 Å². The minimum absolute atomic E-state index is 0.00177. The molecule has 194 valence electrons. The highest BCUT2D eigenvalue weighted by atomic mass is 35.5. The second-order valence-corrected chi connectivity index (χ2v) is 9.43. The van der Waals surface area contributed by atoms with E-state index in [4.69, 9.17) is 29.6 Å². The van der Waals surface area contributed by atoms with E-state index in [1.165, 1.54) is 24.4 Å². The fraction of sp³-hybridized carbons (Fsp3) is 0.154. The highest BCUT2D eigenvalue weighted by molar-refractivity contribution is 6.40. The molecule has 0 aliphatic heterocycles. The van der Waals surface area contributed by atoms with Crippen molar-refractivity contribution >= 4 is 51.5 Å². The first-order valence-corrected chi connectivity index (χ1v) is 11.7. The first-order chi connectivity index (χ1) is 17.8. The molecule has 2 aromatic heterocycles. The summed E-state index contributed by atoms with van der Waals surface area (Å²) < 4.78 is 41.3. The fourth-order valence-corrected chi connectivity index (χ4v) is 4.07. The Kier molecular flexibility index (Phi) is 7.10. The molecule has 2 heterocycles. The number of hydrogen-bond donors (Lipinski definition) is 2. The van der Waals surface area contributed by atoms with Gasteiger partial charge in [0.25, 0.3) is 11.8 Å². The third-order valence-corrected chi connectivity index (χ3v) is 6.12. The van der Waals surface area contributed by atoms with Gasteiger partial charge in [-0.3, -0.25) is 9.59 Å². The van der Waals surface area contributed by atoms with E-state index in [1.807, 2.05) is 0 Å². The minimum Gasteiger partial charge on any atom is -0.336 e. The van der Waals surface area contributed by atoms with Crippen LogP contribution in [-0.4, -0.2) is 32.1 Å². The zero-order valence-corrected chi connectivity index (χ0v) is 21.3. The molecular weight excluding hydrogens is 542 g/mol. The van der Waals surface area contributed by atoms with Crippen LogP contribution in [0, 0.1) is 12.3 Å². The molecule has 0 fully saturated rings. The van der Waals surface area contributed by atoms with Gasteiger partial charge in [0.1, 0.15) is 5.69 Å². The van der Waals surface area contributed by atoms with Gasteiger partial charge >= 0.3 is 6.18 Å². The van der Waals surface area contributed by atoms with E-state index in [2.05, 4.69) is 26.6 Å². The molecular formula is C26H18Cl2F3N5O2. The lowest BCUT2D eigenvalue weighted by molar-refractivity contribution is -0.141. The molecule has 2 amide bonds. The van der Waals surface area contributed by atoms with Gasteiger partial charge in [-0.05, 0) is 37.4 Å². The predicted molar refractivity (Wildman–Crippen MR) is 139 cm³/mol. The SMILES string of the molecule is C#CC(C)(C)NC(=O)c1cc2ccccc2c(Cl)c1NC(=O)c1cc(C(F)(F)F)nn1-c1ncccc1Cl. The van der Waals surface area contributed by atoms with Gasteiger partial charge < -0.3 is 10.6 Å². The number of hydrogen-bond acceptors (Lipinski definition) is 4. The van der Waals surface area contributed by atoms with E-state index in [9.17, 15) is 22.8 Å². The third kappa shape index (κ3) is 5.30. The van der Waals surface area contributed by atoms with Crippen LogP contribution in [-0.2, 0) is 6.18 Å². The fourth-order valence-electron chi connectivity index (χ4n) is 3.55. The van der Waals surface area contributed by atoms with E-state index in [0.717, 1.165) is 0 Å². The average Bonchev–Trinajstić information content (AvgIpc) is 3.32. The van der Waals surface area contributed by atoms with Crippen molar-refractivity contribution in [3.63, 3.8) is 0 Å². The van der Waals surface area contributed by atoms with E-state index in [1.54, 1.807) is 38.1 Å². The Morgan fingerprint density at radius 2 is 1.76 bits per heavy atom. The van der Waals surface area contributed by atoms with Crippen molar-refractivity contribution in [2.24, 2.45) is 0 Å². The molecule has 7 nitrogen and oxygen atoms in total. The Bertz CT molecular complexity index is 1620. The maximum atomic E-state index is 13.5. The zero-order chi connectivity index (χ0) is 27.8. The van der Waals surface area contributed by atoms with Crippen molar-refractivity contribution in [1.29, 1.82) is 0 Å². The standard InChI is InChI=1S/C26H18Cl2F3N5O2/c1-4-25(2,3)34-23(37)16-12-14-8-5-6-9-15(14)20(28)21(16)33-24(38)18-13-19(26(29,30)31)35-36(18)22-17(27)10-7-11-32-22/h1,5-13H,2-3H3,(H,33,38)(H,34,37). The molecule has 0 radical (unpaired) electrons. The lowest BCUT2D eigenvalue weighted by Crippen LogP contribution is -2.42. The number of halogens is 5. The molecule has 0 saturated heterocycles. The first kappa shape index (κ1) is 27.0. The molecule has 2 aromatic carbocycles. The van der Waals surface area contributed by atoms with Gasteiger partial charge in [-0.25, -0.2) is 9.67 Å². The molecule has 4 aromatic rings. The predicted octanol–water partition coefficient (Wildman–Crippen LogP) is 6.14. The number of carbonyl (C=O) groups excluding carboxylic acids is 2. The van der Waals surface area contributed by atoms with Gasteiger partial charge in [0, 0.05) is 17.6 Å². The Balaban J connectivity index is 1.86. The number of nitrogens with zero attached hydrogens (tertiary/aromatic N) is 3. The van der Waals surface area contributed by atoms with Crippen LogP contribution in [0.5, 0.6) is 0 Å². The van der Waals surface area contributed by atoms with Crippen molar-refractivity contribution < 1.29 is 22.8 Å². The van der Waals surface area contributed by atoms with Gasteiger partial charge in [-0.15, -0.1) is 6.42 Å². The largest absolute Gasteiger partial charge is 0.435 e. The number of carbonyl (C=O) groups is 2. The number of pyridine rings is 1. The number of anilines is 1. The highest BCUT2D eigenvalue weighted by Gasteiger charge is 2.37. The van der Waals surface area contributed by atoms with Crippen LogP contribution in [0.15, 0.2) is 54.7 Å². The van der Waals surface area contributed by atoms with Crippen LogP contribution < -0.4 is 10.6 Å². The van der Waals surface area contributed by atoms with E-state index in [0.29, 0.717) is 21.5 Å². The van der Waals surface area contributed by atoms with Crippen molar-refractivity contribution in [3.8, 4) is 18.2 Å². The molecule has 0 aliphatic rings. The summed E-state index contributed by atoms with van der Waals surface area (Å²) in [5, 5.41) is 9.69. The second kappa shape index (κ2) is 10.0. The summed E-state index contributed by atoms with van der Waals surface area (Å²) in [6.45, 7) is 3.19. The number of fused-ring (bicyclic) bond motifs is 1. The lowest BCUT2D eigenvalue weighted by Gasteiger charge is -2.22. The quantitative estimate of drug-likeness (QED) is 0.287. The molecule has 4 rings (SSSR count). The molecule has 0 bridgehead atoms. The molecule has 2 N–H and O–H groups in total. The summed E-state index contributed by atoms with van der Waals surface area (Å²) in [6, 6.07) is 11.7. The normalized spacial score (nSPS) is 11.7. The van der Waals surface area contributed by atoms with Crippen LogP contribution in [0.3, 0.4) is 0 Å². The lowest BCUT2D eigenvalue weighted by atomic mass is 10.0. The minimum atomic E-state index is -4.87. The summed E-state index contributed by atoms with van der Waals surface area (Å²) in [6.07, 6.45) is 1.91. The number of aromatic nitrogens is 3. The summed E-state index contributed by atoms with van der Waals surface area (Å²) >= 11 is 12.7. The first-order valence-electron chi connectivity index (χ1n) is 10.9. The van der Waals surface area contributed by atoms with Crippen LogP contribution in [0.25, 0.3) is 16.6 Å². The van der Waals surface area contributed by atoms with Gasteiger partial charge in [0.05, 0.1) is 26.8 Å². The van der Waals surface area contributed by atoms with Crippen LogP contribution in [0.1, 0.15) is 40.4 Å². The Morgan fingerprint density at radius 1 is 1.05 bits per heavy atom. The van der Waals surface area contributed by atoms with Crippen molar-refractivity contribution in [2.45, 2.75) is 25.6 Å². The van der Waals surface area contributed by atoms with Gasteiger partial charge in [0.15, 0.2) is 11.5 Å². The van der Waals surface area contributed by atoms with Crippen molar-refractivity contribution in [2.75, 3.05) is 5.32 Å². The third-order valence-electron chi connectivity index (χ3n) is 5.43. The number of alkyl halides is 3. The van der Waals surface area contributed by atoms with E-state index < -0.39 is 34.9 Å². The van der Waals surface area contributed by atoms with E-state index >= 15 is 0 Å². The van der Waals surface area contributed by atoms with Crippen molar-refractivity contribution in [3.05, 3.63) is 81.7 Å².